The van der Waals surface area contributed by atoms with E-state index in [2.05, 4.69) is 6.92 Å². The fourth-order valence-electron chi connectivity index (χ4n) is 0.571. The number of hydrogen-bond acceptors (Lipinski definition) is 2. The van der Waals surface area contributed by atoms with Crippen LogP contribution in [-0.4, -0.2) is 24.8 Å². The maximum atomic E-state index is 9.77. The van der Waals surface area contributed by atoms with Gasteiger partial charge in [0.1, 0.15) is 0 Å². The van der Waals surface area contributed by atoms with E-state index < -0.39 is 7.37 Å². The molecule has 0 saturated heterocycles. The molecule has 0 saturated carbocycles. The molecule has 0 bridgehead atoms. The molecule has 0 heterocycles. The number of rotatable bonds is 4. The lowest BCUT2D eigenvalue weighted by Crippen LogP contribution is -1.97. The Hall–Kier alpha value is 0.150. The predicted molar refractivity (Wildman–Crippen MR) is 54.9 cm³/mol. The Morgan fingerprint density at radius 2 is 1.67 bits per heavy atom. The summed E-state index contributed by atoms with van der Waals surface area (Å²) in [5, 5.41) is 0. The highest BCUT2D eigenvalue weighted by molar-refractivity contribution is 7.56. The molecular formula is C8H22NO2P. The fraction of sp³-hybridized carbons (Fsp3) is 1.00. The topological polar surface area (TPSA) is 63.3 Å². The highest BCUT2D eigenvalue weighted by Crippen LogP contribution is 2.27. The van der Waals surface area contributed by atoms with Crippen molar-refractivity contribution in [3.05, 3.63) is 0 Å². The van der Waals surface area contributed by atoms with Crippen molar-refractivity contribution in [2.75, 3.05) is 19.9 Å². The van der Waals surface area contributed by atoms with Crippen molar-refractivity contribution in [3.63, 3.8) is 0 Å². The van der Waals surface area contributed by atoms with Crippen LogP contribution in [0.15, 0.2) is 0 Å². The molecule has 3 N–H and O–H groups in total. The van der Waals surface area contributed by atoms with E-state index in [4.69, 9.17) is 10.6 Å². The molecule has 0 atom stereocenters. The molecule has 0 radical (unpaired) electrons. The maximum absolute atomic E-state index is 9.77. The van der Waals surface area contributed by atoms with Gasteiger partial charge in [0.05, 0.1) is 0 Å². The van der Waals surface area contributed by atoms with Gasteiger partial charge in [0.15, 0.2) is 7.37 Å². The summed E-state index contributed by atoms with van der Waals surface area (Å²) < 4.78 is 9.77. The molecular weight excluding hydrogens is 173 g/mol. The molecule has 0 aliphatic carbocycles. The van der Waals surface area contributed by atoms with Crippen LogP contribution in [0, 0.1) is 0 Å². The van der Waals surface area contributed by atoms with Gasteiger partial charge < -0.3 is 10.6 Å². The first-order chi connectivity index (χ1) is 5.41. The largest absolute Gasteiger partial charge is 0.345 e. The van der Waals surface area contributed by atoms with Crippen molar-refractivity contribution >= 4 is 7.37 Å². The van der Waals surface area contributed by atoms with Gasteiger partial charge in [-0.15, -0.1) is 0 Å². The Labute approximate surface area is 75.8 Å². The predicted octanol–water partition coefficient (Wildman–Crippen LogP) is 2.04. The molecule has 4 heteroatoms. The summed E-state index contributed by atoms with van der Waals surface area (Å²) in [7, 11) is -2.64. The lowest BCUT2D eigenvalue weighted by Gasteiger charge is -1.90. The Kier molecular flexibility index (Phi) is 11.3. The quantitative estimate of drug-likeness (QED) is 0.533. The van der Waals surface area contributed by atoms with Crippen molar-refractivity contribution in [1.82, 2.24) is 0 Å². The molecule has 0 rings (SSSR count). The molecule has 0 aromatic carbocycles. The number of unbranched alkanes of at least 4 members (excludes halogenated alkanes) is 3. The minimum Gasteiger partial charge on any atom is -0.345 e. The first-order valence-corrected chi connectivity index (χ1v) is 6.95. The van der Waals surface area contributed by atoms with Gasteiger partial charge in [-0.1, -0.05) is 26.2 Å². The van der Waals surface area contributed by atoms with Gasteiger partial charge in [-0.2, -0.15) is 0 Å². The molecule has 0 amide bonds. The molecule has 76 valence electrons. The van der Waals surface area contributed by atoms with E-state index in [0.717, 1.165) is 6.54 Å². The van der Waals surface area contributed by atoms with Crippen LogP contribution < -0.4 is 5.73 Å². The van der Waals surface area contributed by atoms with E-state index in [1.165, 1.54) is 39.0 Å². The minimum atomic E-state index is -2.64. The normalized spacial score (nSPS) is 10.4. The third-order valence-electron chi connectivity index (χ3n) is 1.06. The Balaban J connectivity index is 0. The number of hydrogen-bond donors (Lipinski definition) is 2. The smallest absolute Gasteiger partial charge is 0.194 e. The molecule has 0 fully saturated rings. The number of nitrogens with two attached hydrogens (primary N) is 1. The Bertz CT molecular complexity index is 110. The SMILES string of the molecule is CCCCCCN.CP(C)(=O)O. The van der Waals surface area contributed by atoms with Gasteiger partial charge in [-0.05, 0) is 13.0 Å². The van der Waals surface area contributed by atoms with Crippen LogP contribution in [0.2, 0.25) is 0 Å². The van der Waals surface area contributed by atoms with Crippen molar-refractivity contribution in [1.29, 1.82) is 0 Å². The first kappa shape index (κ1) is 14.7. The zero-order valence-electron chi connectivity index (χ0n) is 8.42. The van der Waals surface area contributed by atoms with Gasteiger partial charge in [0.25, 0.3) is 0 Å². The second-order valence-electron chi connectivity index (χ2n) is 3.14. The summed E-state index contributed by atoms with van der Waals surface area (Å²) in [5.41, 5.74) is 5.27. The average molecular weight is 195 g/mol. The van der Waals surface area contributed by atoms with Crippen LogP contribution in [0.25, 0.3) is 0 Å². The van der Waals surface area contributed by atoms with Crippen molar-refractivity contribution in [2.45, 2.75) is 32.6 Å². The van der Waals surface area contributed by atoms with Crippen molar-refractivity contribution < 1.29 is 9.46 Å². The summed E-state index contributed by atoms with van der Waals surface area (Å²) in [4.78, 5) is 8.08. The van der Waals surface area contributed by atoms with E-state index in [1.807, 2.05) is 0 Å². The molecule has 12 heavy (non-hydrogen) atoms. The van der Waals surface area contributed by atoms with E-state index >= 15 is 0 Å². The standard InChI is InChI=1S/C6H15N.C2H7O2P/c1-2-3-4-5-6-7;1-5(2,3)4/h2-7H2,1H3;1-2H3,(H,3,4). The molecule has 0 aliphatic heterocycles. The molecule has 0 aromatic heterocycles. The second kappa shape index (κ2) is 9.24. The first-order valence-electron chi connectivity index (χ1n) is 4.39. The van der Waals surface area contributed by atoms with E-state index in [1.54, 1.807) is 0 Å². The van der Waals surface area contributed by atoms with Crippen molar-refractivity contribution in [3.8, 4) is 0 Å². The third-order valence-corrected chi connectivity index (χ3v) is 1.06. The fourth-order valence-corrected chi connectivity index (χ4v) is 0.571. The molecule has 0 unspecified atom stereocenters. The summed E-state index contributed by atoms with van der Waals surface area (Å²) in [6, 6.07) is 0. The lowest BCUT2D eigenvalue weighted by molar-refractivity contribution is 0.492. The molecule has 3 nitrogen and oxygen atoms in total. The van der Waals surface area contributed by atoms with E-state index in [-0.39, 0.29) is 0 Å². The van der Waals surface area contributed by atoms with Gasteiger partial charge in [0, 0.05) is 13.3 Å². The molecule has 0 spiro atoms. The zero-order valence-corrected chi connectivity index (χ0v) is 9.31. The monoisotopic (exact) mass is 195 g/mol. The van der Waals surface area contributed by atoms with E-state index in [0.29, 0.717) is 0 Å². The second-order valence-corrected chi connectivity index (χ2v) is 5.73. The van der Waals surface area contributed by atoms with E-state index in [9.17, 15) is 4.57 Å². The molecule has 0 aromatic rings. The van der Waals surface area contributed by atoms with Gasteiger partial charge in [0.2, 0.25) is 0 Å². The lowest BCUT2D eigenvalue weighted by atomic mass is 10.2. The maximum Gasteiger partial charge on any atom is 0.194 e. The highest BCUT2D eigenvalue weighted by Gasteiger charge is 1.92. The summed E-state index contributed by atoms with van der Waals surface area (Å²) in [5.74, 6) is 0. The highest BCUT2D eigenvalue weighted by atomic mass is 31.2. The van der Waals surface area contributed by atoms with Crippen molar-refractivity contribution in [2.24, 2.45) is 5.73 Å². The summed E-state index contributed by atoms with van der Waals surface area (Å²) in [6.07, 6.45) is 5.16. The van der Waals surface area contributed by atoms with Crippen LogP contribution in [0.5, 0.6) is 0 Å². The van der Waals surface area contributed by atoms with Gasteiger partial charge >= 0.3 is 0 Å². The van der Waals surface area contributed by atoms with Crippen LogP contribution in [-0.2, 0) is 4.57 Å². The molecule has 0 aliphatic rings. The van der Waals surface area contributed by atoms with Crippen LogP contribution in [0.4, 0.5) is 0 Å². The Morgan fingerprint density at radius 3 is 1.92 bits per heavy atom. The van der Waals surface area contributed by atoms with Crippen LogP contribution >= 0.6 is 7.37 Å². The average Bonchev–Trinajstić information content (AvgIpc) is 1.85. The van der Waals surface area contributed by atoms with Gasteiger partial charge in [-0.25, -0.2) is 0 Å². The van der Waals surface area contributed by atoms with Gasteiger partial charge in [-0.3, -0.25) is 4.57 Å². The summed E-state index contributed by atoms with van der Waals surface area (Å²) in [6.45, 7) is 5.66. The minimum absolute atomic E-state index is 0.861. The van der Waals surface area contributed by atoms with Crippen LogP contribution in [0.3, 0.4) is 0 Å². The Morgan fingerprint density at radius 1 is 1.25 bits per heavy atom. The zero-order chi connectivity index (χ0) is 10.0. The third kappa shape index (κ3) is 49.3. The summed E-state index contributed by atoms with van der Waals surface area (Å²) >= 11 is 0. The van der Waals surface area contributed by atoms with Crippen LogP contribution in [0.1, 0.15) is 32.6 Å².